The van der Waals surface area contributed by atoms with E-state index in [1.165, 1.54) is 22.7 Å². The minimum absolute atomic E-state index is 0.0823. The van der Waals surface area contributed by atoms with E-state index >= 15 is 0 Å². The van der Waals surface area contributed by atoms with Crippen LogP contribution in [-0.2, 0) is 13.1 Å². The zero-order valence-corrected chi connectivity index (χ0v) is 18.6. The van der Waals surface area contributed by atoms with Gasteiger partial charge >= 0.3 is 0 Å². The lowest BCUT2D eigenvalue weighted by molar-refractivity contribution is 0.0947. The second kappa shape index (κ2) is 8.23. The molecule has 4 heterocycles. The molecule has 5 rings (SSSR count). The van der Waals surface area contributed by atoms with Crippen molar-refractivity contribution in [1.29, 1.82) is 0 Å². The highest BCUT2D eigenvalue weighted by atomic mass is 32.1. The largest absolute Gasteiger partial charge is 0.345 e. The zero-order valence-electron chi connectivity index (χ0n) is 15.4. The first-order chi connectivity index (χ1) is 14.7. The summed E-state index contributed by atoms with van der Waals surface area (Å²) in [5.74, 6) is -0.165. The summed E-state index contributed by atoms with van der Waals surface area (Å²) in [6.45, 7) is 0.800. The minimum atomic E-state index is -0.0823. The Balaban J connectivity index is 1.28. The minimum Gasteiger partial charge on any atom is -0.345 e. The molecule has 4 aromatic heterocycles. The Bertz CT molecular complexity index is 1190. The summed E-state index contributed by atoms with van der Waals surface area (Å²) in [5, 5.41) is 11.3. The van der Waals surface area contributed by atoms with Gasteiger partial charge in [-0.2, -0.15) is 0 Å². The van der Waals surface area contributed by atoms with Gasteiger partial charge in [-0.15, -0.1) is 45.3 Å². The van der Waals surface area contributed by atoms with Crippen molar-refractivity contribution in [2.45, 2.75) is 13.1 Å². The predicted molar refractivity (Wildman–Crippen MR) is 124 cm³/mol. The van der Waals surface area contributed by atoms with E-state index in [1.54, 1.807) is 34.8 Å². The van der Waals surface area contributed by atoms with Crippen molar-refractivity contribution < 1.29 is 9.59 Å². The molecule has 1 aromatic carbocycles. The highest BCUT2D eigenvalue weighted by molar-refractivity contribution is 7.20. The standard InChI is InChI=1S/C20H14N4O2S4/c25-19(13-3-1-5-27-13)21-9-17-23-11-7-16-12(8-15(11)29-17)24-18(30-16)10-22-20(26)14-4-2-6-28-14/h1-8H,9-10H2,(H,21,25)(H,22,26). The van der Waals surface area contributed by atoms with Crippen LogP contribution in [0.3, 0.4) is 0 Å². The molecule has 30 heavy (non-hydrogen) atoms. The van der Waals surface area contributed by atoms with Gasteiger partial charge in [0.15, 0.2) is 0 Å². The van der Waals surface area contributed by atoms with E-state index in [2.05, 4.69) is 20.6 Å². The number of amides is 2. The van der Waals surface area contributed by atoms with Gasteiger partial charge in [-0.25, -0.2) is 9.97 Å². The summed E-state index contributed by atoms with van der Waals surface area (Å²) in [7, 11) is 0. The summed E-state index contributed by atoms with van der Waals surface area (Å²) in [5.41, 5.74) is 1.79. The fraction of sp³-hybridized carbons (Fsp3) is 0.100. The van der Waals surface area contributed by atoms with Crippen LogP contribution < -0.4 is 10.6 Å². The first-order valence-corrected chi connectivity index (χ1v) is 12.4. The number of benzene rings is 1. The van der Waals surface area contributed by atoms with E-state index in [1.807, 2.05) is 35.0 Å². The monoisotopic (exact) mass is 470 g/mol. The average Bonchev–Trinajstić information content (AvgIpc) is 3.53. The molecule has 0 unspecified atom stereocenters. The van der Waals surface area contributed by atoms with Gasteiger partial charge in [0.05, 0.1) is 43.3 Å². The van der Waals surface area contributed by atoms with E-state index in [4.69, 9.17) is 0 Å². The number of rotatable bonds is 6. The van der Waals surface area contributed by atoms with Gasteiger partial charge in [0.2, 0.25) is 0 Å². The molecule has 6 nitrogen and oxygen atoms in total. The number of nitrogens with one attached hydrogen (secondary N) is 2. The number of carbonyl (C=O) groups excluding carboxylic acids is 2. The molecule has 0 spiro atoms. The summed E-state index contributed by atoms with van der Waals surface area (Å²) < 4.78 is 2.06. The third-order valence-electron chi connectivity index (χ3n) is 4.28. The van der Waals surface area contributed by atoms with Crippen molar-refractivity contribution in [3.63, 3.8) is 0 Å². The molecule has 0 aliphatic heterocycles. The maximum absolute atomic E-state index is 12.1. The van der Waals surface area contributed by atoms with Crippen molar-refractivity contribution in [1.82, 2.24) is 20.6 Å². The van der Waals surface area contributed by atoms with Gasteiger partial charge in [0, 0.05) is 0 Å². The third-order valence-corrected chi connectivity index (χ3v) is 8.05. The van der Waals surface area contributed by atoms with Crippen LogP contribution in [-0.4, -0.2) is 21.8 Å². The third kappa shape index (κ3) is 3.99. The van der Waals surface area contributed by atoms with Gasteiger partial charge in [0.25, 0.3) is 11.8 Å². The highest BCUT2D eigenvalue weighted by Gasteiger charge is 2.13. The fourth-order valence-electron chi connectivity index (χ4n) is 2.90. The van der Waals surface area contributed by atoms with Crippen molar-refractivity contribution in [2.24, 2.45) is 0 Å². The molecule has 2 N–H and O–H groups in total. The second-order valence-corrected chi connectivity index (χ2v) is 10.4. The lowest BCUT2D eigenvalue weighted by Crippen LogP contribution is -2.21. The Morgan fingerprint density at radius 2 is 1.23 bits per heavy atom. The van der Waals surface area contributed by atoms with E-state index in [-0.39, 0.29) is 11.8 Å². The normalized spacial score (nSPS) is 11.2. The van der Waals surface area contributed by atoms with Crippen LogP contribution in [0, 0.1) is 0 Å². The van der Waals surface area contributed by atoms with Crippen LogP contribution in [0.1, 0.15) is 29.4 Å². The number of thiazole rings is 2. The molecule has 5 aromatic rings. The maximum atomic E-state index is 12.1. The molecule has 0 saturated heterocycles. The Hall–Kier alpha value is -2.66. The van der Waals surface area contributed by atoms with Gasteiger partial charge in [0.1, 0.15) is 10.0 Å². The number of fused-ring (bicyclic) bond motifs is 2. The van der Waals surface area contributed by atoms with Crippen LogP contribution >= 0.6 is 45.3 Å². The molecule has 0 fully saturated rings. The lowest BCUT2D eigenvalue weighted by Gasteiger charge is -1.99. The van der Waals surface area contributed by atoms with Crippen LogP contribution in [0.5, 0.6) is 0 Å². The molecule has 0 atom stereocenters. The number of nitrogens with zero attached hydrogens (tertiary/aromatic N) is 2. The van der Waals surface area contributed by atoms with Gasteiger partial charge in [-0.3, -0.25) is 9.59 Å². The van der Waals surface area contributed by atoms with Gasteiger partial charge in [-0.05, 0) is 35.0 Å². The molecule has 0 radical (unpaired) electrons. The van der Waals surface area contributed by atoms with Gasteiger partial charge < -0.3 is 10.6 Å². The molecule has 2 amide bonds. The van der Waals surface area contributed by atoms with Gasteiger partial charge in [-0.1, -0.05) is 12.1 Å². The molecule has 0 aliphatic rings. The van der Waals surface area contributed by atoms with Crippen molar-refractivity contribution in [3.05, 3.63) is 66.9 Å². The van der Waals surface area contributed by atoms with Crippen LogP contribution in [0.4, 0.5) is 0 Å². The molecule has 0 bridgehead atoms. The molecule has 10 heteroatoms. The van der Waals surface area contributed by atoms with Crippen molar-refractivity contribution >= 4 is 77.6 Å². The highest BCUT2D eigenvalue weighted by Crippen LogP contribution is 2.30. The first kappa shape index (κ1) is 19.3. The predicted octanol–water partition coefficient (Wildman–Crippen LogP) is 4.89. The zero-order chi connectivity index (χ0) is 20.5. The first-order valence-electron chi connectivity index (χ1n) is 8.98. The Kier molecular flexibility index (Phi) is 5.30. The molecule has 0 saturated carbocycles. The SMILES string of the molecule is O=C(NCc1nc2cc3sc(CNC(=O)c4cccs4)nc3cc2s1)c1cccs1. The van der Waals surface area contributed by atoms with Crippen LogP contribution in [0.15, 0.2) is 47.2 Å². The Morgan fingerprint density at radius 3 is 1.63 bits per heavy atom. The van der Waals surface area contributed by atoms with E-state index in [9.17, 15) is 9.59 Å². The Labute approximate surface area is 187 Å². The van der Waals surface area contributed by atoms with Crippen molar-refractivity contribution in [2.75, 3.05) is 0 Å². The molecule has 150 valence electrons. The lowest BCUT2D eigenvalue weighted by atomic mass is 10.3. The molecular formula is C20H14N4O2S4. The second-order valence-electron chi connectivity index (χ2n) is 6.32. The topological polar surface area (TPSA) is 84.0 Å². The average molecular weight is 471 g/mol. The smallest absolute Gasteiger partial charge is 0.261 e. The van der Waals surface area contributed by atoms with Crippen LogP contribution in [0.25, 0.3) is 20.4 Å². The summed E-state index contributed by atoms with van der Waals surface area (Å²) in [6.07, 6.45) is 0. The van der Waals surface area contributed by atoms with E-state index in [0.29, 0.717) is 22.8 Å². The Morgan fingerprint density at radius 1 is 0.767 bits per heavy atom. The number of thiophene rings is 2. The summed E-state index contributed by atoms with van der Waals surface area (Å²) >= 11 is 5.94. The van der Waals surface area contributed by atoms with E-state index in [0.717, 1.165) is 30.4 Å². The summed E-state index contributed by atoms with van der Waals surface area (Å²) in [4.78, 5) is 34.9. The number of carbonyl (C=O) groups is 2. The molecule has 0 aliphatic carbocycles. The number of hydrogen-bond acceptors (Lipinski definition) is 8. The maximum Gasteiger partial charge on any atom is 0.261 e. The number of aromatic nitrogens is 2. The quantitative estimate of drug-likeness (QED) is 0.370. The van der Waals surface area contributed by atoms with Crippen LogP contribution in [0.2, 0.25) is 0 Å². The van der Waals surface area contributed by atoms with Crippen molar-refractivity contribution in [3.8, 4) is 0 Å². The molecular weight excluding hydrogens is 457 g/mol. The fourth-order valence-corrected chi connectivity index (χ4v) is 6.02. The van der Waals surface area contributed by atoms with E-state index < -0.39 is 0 Å². The summed E-state index contributed by atoms with van der Waals surface area (Å²) in [6, 6.07) is 11.4. The number of hydrogen-bond donors (Lipinski definition) is 2.